The lowest BCUT2D eigenvalue weighted by Gasteiger charge is -2.11. The van der Waals surface area contributed by atoms with Gasteiger partial charge in [-0.3, -0.25) is 0 Å². The number of para-hydroxylation sites is 1. The molecule has 1 atom stereocenters. The van der Waals surface area contributed by atoms with Gasteiger partial charge in [0.05, 0.1) is 11.6 Å². The third kappa shape index (κ3) is 2.39. The summed E-state index contributed by atoms with van der Waals surface area (Å²) in [5, 5.41) is 4.52. The fraction of sp³-hybridized carbons (Fsp3) is 0.357. The van der Waals surface area contributed by atoms with Gasteiger partial charge in [0.2, 0.25) is 0 Å². The summed E-state index contributed by atoms with van der Waals surface area (Å²) in [4.78, 5) is 4.57. The lowest BCUT2D eigenvalue weighted by atomic mass is 10.2. The number of benzene rings is 1. The first-order chi connectivity index (χ1) is 8.42. The van der Waals surface area contributed by atoms with E-state index in [-0.39, 0.29) is 0 Å². The van der Waals surface area contributed by atoms with Gasteiger partial charge in [0.15, 0.2) is 0 Å². The van der Waals surface area contributed by atoms with Crippen LogP contribution in [0.2, 0.25) is 0 Å². The first-order valence-electron chi connectivity index (χ1n) is 6.13. The molecule has 1 aromatic heterocycles. The van der Waals surface area contributed by atoms with E-state index in [4.69, 9.17) is 4.74 Å². The van der Waals surface area contributed by atoms with Crippen LogP contribution in [0.1, 0.15) is 12.8 Å². The van der Waals surface area contributed by atoms with Crippen LogP contribution in [-0.2, 0) is 4.74 Å². The molecule has 0 amide bonds. The van der Waals surface area contributed by atoms with Gasteiger partial charge in [-0.05, 0) is 31.0 Å². The number of nitrogens with one attached hydrogen (secondary N) is 1. The van der Waals surface area contributed by atoms with Crippen molar-refractivity contribution in [2.45, 2.75) is 18.9 Å². The second-order valence-corrected chi connectivity index (χ2v) is 4.41. The Kier molecular flexibility index (Phi) is 2.92. The molecule has 1 fully saturated rings. The van der Waals surface area contributed by atoms with Gasteiger partial charge in [-0.25, -0.2) is 4.98 Å². The molecule has 0 radical (unpaired) electrons. The molecule has 0 bridgehead atoms. The Bertz CT molecular complexity index is 506. The molecule has 2 aromatic rings. The van der Waals surface area contributed by atoms with Crippen molar-refractivity contribution in [2.24, 2.45) is 0 Å². The minimum atomic E-state index is 0.350. The maximum Gasteiger partial charge on any atom is 0.126 e. The third-order valence-corrected chi connectivity index (χ3v) is 3.13. The monoisotopic (exact) mass is 228 g/mol. The van der Waals surface area contributed by atoms with E-state index in [1.54, 1.807) is 0 Å². The zero-order valence-corrected chi connectivity index (χ0v) is 9.73. The van der Waals surface area contributed by atoms with Gasteiger partial charge in [0.25, 0.3) is 0 Å². The van der Waals surface area contributed by atoms with E-state index >= 15 is 0 Å². The molecule has 1 aromatic carbocycles. The number of fused-ring (bicyclic) bond motifs is 1. The number of ether oxygens (including phenoxy) is 1. The summed E-state index contributed by atoms with van der Waals surface area (Å²) in [7, 11) is 0. The first kappa shape index (κ1) is 10.5. The summed E-state index contributed by atoms with van der Waals surface area (Å²) < 4.78 is 5.57. The van der Waals surface area contributed by atoms with Gasteiger partial charge >= 0.3 is 0 Å². The molecule has 0 saturated carbocycles. The van der Waals surface area contributed by atoms with Gasteiger partial charge in [-0.1, -0.05) is 18.2 Å². The number of nitrogens with zero attached hydrogens (tertiary/aromatic N) is 1. The Morgan fingerprint density at radius 2 is 2.18 bits per heavy atom. The SMILES string of the molecule is c1ccc2nc(NC[C@H]3CCCO3)ccc2c1. The van der Waals surface area contributed by atoms with Gasteiger partial charge in [-0.15, -0.1) is 0 Å². The number of hydrogen-bond acceptors (Lipinski definition) is 3. The molecule has 88 valence electrons. The highest BCUT2D eigenvalue weighted by Crippen LogP contribution is 2.16. The number of rotatable bonds is 3. The van der Waals surface area contributed by atoms with Gasteiger partial charge in [0, 0.05) is 18.5 Å². The molecule has 0 aliphatic carbocycles. The molecular weight excluding hydrogens is 212 g/mol. The highest BCUT2D eigenvalue weighted by molar-refractivity contribution is 5.79. The number of anilines is 1. The van der Waals surface area contributed by atoms with Crippen molar-refractivity contribution in [1.82, 2.24) is 4.98 Å². The van der Waals surface area contributed by atoms with Crippen LogP contribution in [0.25, 0.3) is 10.9 Å². The number of hydrogen-bond donors (Lipinski definition) is 1. The molecule has 0 unspecified atom stereocenters. The van der Waals surface area contributed by atoms with E-state index in [9.17, 15) is 0 Å². The normalized spacial score (nSPS) is 19.6. The predicted molar refractivity (Wildman–Crippen MR) is 69.2 cm³/mol. The van der Waals surface area contributed by atoms with E-state index in [1.807, 2.05) is 24.3 Å². The smallest absolute Gasteiger partial charge is 0.126 e. The van der Waals surface area contributed by atoms with E-state index < -0.39 is 0 Å². The van der Waals surface area contributed by atoms with Crippen LogP contribution in [0.15, 0.2) is 36.4 Å². The highest BCUT2D eigenvalue weighted by Gasteiger charge is 2.14. The zero-order valence-electron chi connectivity index (χ0n) is 9.73. The molecule has 1 saturated heterocycles. The summed E-state index contributed by atoms with van der Waals surface area (Å²) in [6.07, 6.45) is 2.68. The second-order valence-electron chi connectivity index (χ2n) is 4.41. The van der Waals surface area contributed by atoms with E-state index in [0.29, 0.717) is 6.10 Å². The Balaban J connectivity index is 1.72. The highest BCUT2D eigenvalue weighted by atomic mass is 16.5. The van der Waals surface area contributed by atoms with Gasteiger partial charge in [-0.2, -0.15) is 0 Å². The maximum absolute atomic E-state index is 5.57. The summed E-state index contributed by atoms with van der Waals surface area (Å²) in [6, 6.07) is 12.3. The van der Waals surface area contributed by atoms with Crippen LogP contribution in [0.4, 0.5) is 5.82 Å². The average molecular weight is 228 g/mol. The molecule has 1 aliphatic heterocycles. The van der Waals surface area contributed by atoms with Crippen LogP contribution in [0, 0.1) is 0 Å². The number of pyridine rings is 1. The fourth-order valence-corrected chi connectivity index (χ4v) is 2.19. The summed E-state index contributed by atoms with van der Waals surface area (Å²) in [5.41, 5.74) is 1.03. The molecule has 3 rings (SSSR count). The van der Waals surface area contributed by atoms with Crippen LogP contribution in [-0.4, -0.2) is 24.2 Å². The van der Waals surface area contributed by atoms with Crippen molar-refractivity contribution in [3.8, 4) is 0 Å². The van der Waals surface area contributed by atoms with E-state index in [0.717, 1.165) is 30.9 Å². The van der Waals surface area contributed by atoms with Gasteiger partial charge in [0.1, 0.15) is 5.82 Å². The lowest BCUT2D eigenvalue weighted by Crippen LogP contribution is -2.18. The third-order valence-electron chi connectivity index (χ3n) is 3.13. The predicted octanol–water partition coefficient (Wildman–Crippen LogP) is 2.83. The van der Waals surface area contributed by atoms with Crippen molar-refractivity contribution >= 4 is 16.7 Å². The molecule has 1 N–H and O–H groups in total. The number of aromatic nitrogens is 1. The maximum atomic E-state index is 5.57. The van der Waals surface area contributed by atoms with Crippen molar-refractivity contribution in [2.75, 3.05) is 18.5 Å². The molecule has 3 heteroatoms. The van der Waals surface area contributed by atoms with Crippen LogP contribution >= 0.6 is 0 Å². The minimum Gasteiger partial charge on any atom is -0.376 e. The largest absolute Gasteiger partial charge is 0.376 e. The minimum absolute atomic E-state index is 0.350. The Labute approximate surface area is 101 Å². The zero-order chi connectivity index (χ0) is 11.5. The topological polar surface area (TPSA) is 34.2 Å². The first-order valence-corrected chi connectivity index (χ1v) is 6.13. The standard InChI is InChI=1S/C14H16N2O/c1-2-6-13-11(4-1)7-8-14(16-13)15-10-12-5-3-9-17-12/h1-2,4,6-8,12H,3,5,9-10H2,(H,15,16)/t12-/m1/s1. The van der Waals surface area contributed by atoms with Crippen molar-refractivity contribution < 1.29 is 4.74 Å². The molecule has 2 heterocycles. The van der Waals surface area contributed by atoms with Crippen LogP contribution < -0.4 is 5.32 Å². The Hall–Kier alpha value is -1.61. The summed E-state index contributed by atoms with van der Waals surface area (Å²) in [5.74, 6) is 0.930. The van der Waals surface area contributed by atoms with Gasteiger partial charge < -0.3 is 10.1 Å². The van der Waals surface area contributed by atoms with Crippen molar-refractivity contribution in [3.05, 3.63) is 36.4 Å². The Morgan fingerprint density at radius 3 is 3.06 bits per heavy atom. The summed E-state index contributed by atoms with van der Waals surface area (Å²) in [6.45, 7) is 1.75. The second kappa shape index (κ2) is 4.72. The molecule has 1 aliphatic rings. The molecule has 0 spiro atoms. The van der Waals surface area contributed by atoms with Crippen molar-refractivity contribution in [3.63, 3.8) is 0 Å². The molecular formula is C14H16N2O. The Morgan fingerprint density at radius 1 is 1.24 bits per heavy atom. The molecule has 17 heavy (non-hydrogen) atoms. The van der Waals surface area contributed by atoms with E-state index in [2.05, 4.69) is 22.4 Å². The molecule has 3 nitrogen and oxygen atoms in total. The quantitative estimate of drug-likeness (QED) is 0.877. The van der Waals surface area contributed by atoms with Crippen LogP contribution in [0.3, 0.4) is 0 Å². The lowest BCUT2D eigenvalue weighted by molar-refractivity contribution is 0.120. The summed E-state index contributed by atoms with van der Waals surface area (Å²) >= 11 is 0. The van der Waals surface area contributed by atoms with Crippen LogP contribution in [0.5, 0.6) is 0 Å². The van der Waals surface area contributed by atoms with Crippen molar-refractivity contribution in [1.29, 1.82) is 0 Å². The van der Waals surface area contributed by atoms with E-state index in [1.165, 1.54) is 11.8 Å². The fourth-order valence-electron chi connectivity index (χ4n) is 2.19. The average Bonchev–Trinajstić information content (AvgIpc) is 2.89.